The quantitative estimate of drug-likeness (QED) is 0.440. The van der Waals surface area contributed by atoms with Crippen LogP contribution in [0.2, 0.25) is 0 Å². The van der Waals surface area contributed by atoms with Crippen LogP contribution in [-0.2, 0) is 9.53 Å². The summed E-state index contributed by atoms with van der Waals surface area (Å²) in [5.41, 5.74) is 0.648. The number of rotatable bonds is 7. The summed E-state index contributed by atoms with van der Waals surface area (Å²) in [7, 11) is 2.77. The van der Waals surface area contributed by atoms with Crippen molar-refractivity contribution in [3.8, 4) is 5.75 Å². The Morgan fingerprint density at radius 3 is 2.60 bits per heavy atom. The first-order chi connectivity index (χ1) is 14.5. The third kappa shape index (κ3) is 4.49. The molecule has 1 aromatic heterocycles. The molecule has 156 valence electrons. The molecule has 0 fully saturated rings. The highest BCUT2D eigenvalue weighted by Gasteiger charge is 2.25. The Morgan fingerprint density at radius 1 is 1.13 bits per heavy atom. The number of anilines is 1. The topological polar surface area (TPSA) is 97.5 Å². The number of hydrogen-bond donors (Lipinski definition) is 2. The molecule has 3 rings (SSSR count). The summed E-state index contributed by atoms with van der Waals surface area (Å²) < 4.78 is 10.00. The van der Waals surface area contributed by atoms with Gasteiger partial charge in [-0.2, -0.15) is 0 Å². The smallest absolute Gasteiger partial charge is 0.344 e. The zero-order valence-electron chi connectivity index (χ0n) is 16.9. The molecule has 0 aliphatic carbocycles. The van der Waals surface area contributed by atoms with Gasteiger partial charge in [0.2, 0.25) is 11.3 Å². The van der Waals surface area contributed by atoms with E-state index in [9.17, 15) is 14.4 Å². The van der Waals surface area contributed by atoms with Crippen LogP contribution in [0.3, 0.4) is 0 Å². The maximum Gasteiger partial charge on any atom is 0.344 e. The molecule has 1 heterocycles. The van der Waals surface area contributed by atoms with Gasteiger partial charge in [0.1, 0.15) is 11.3 Å². The van der Waals surface area contributed by atoms with Crippen LogP contribution >= 0.6 is 11.8 Å². The predicted octanol–water partition coefficient (Wildman–Crippen LogP) is 3.83. The van der Waals surface area contributed by atoms with E-state index in [0.29, 0.717) is 33.8 Å². The van der Waals surface area contributed by atoms with Gasteiger partial charge in [-0.05, 0) is 30.7 Å². The molecule has 0 spiro atoms. The number of esters is 1. The fourth-order valence-electron chi connectivity index (χ4n) is 2.98. The van der Waals surface area contributed by atoms with Crippen LogP contribution in [0.4, 0.5) is 5.69 Å². The van der Waals surface area contributed by atoms with E-state index in [2.05, 4.69) is 10.3 Å². The number of fused-ring (bicyclic) bond motifs is 1. The Hall–Kier alpha value is -3.26. The molecule has 0 aliphatic heterocycles. The number of methoxy groups -OCH3 is 2. The Bertz CT molecular complexity index is 1140. The molecule has 0 saturated carbocycles. The van der Waals surface area contributed by atoms with Crippen LogP contribution in [0.15, 0.2) is 58.4 Å². The van der Waals surface area contributed by atoms with Crippen molar-refractivity contribution in [3.05, 3.63) is 64.3 Å². The van der Waals surface area contributed by atoms with Crippen molar-refractivity contribution in [1.82, 2.24) is 4.98 Å². The zero-order valence-corrected chi connectivity index (χ0v) is 17.7. The summed E-state index contributed by atoms with van der Waals surface area (Å²) >= 11 is 1.13. The number of aromatic nitrogens is 1. The highest BCUT2D eigenvalue weighted by molar-refractivity contribution is 8.00. The summed E-state index contributed by atoms with van der Waals surface area (Å²) in [4.78, 5) is 41.2. The van der Waals surface area contributed by atoms with Crippen molar-refractivity contribution >= 4 is 40.2 Å². The van der Waals surface area contributed by atoms with Gasteiger partial charge in [-0.25, -0.2) is 4.79 Å². The normalized spacial score (nSPS) is 11.7. The van der Waals surface area contributed by atoms with Crippen LogP contribution < -0.4 is 15.5 Å². The van der Waals surface area contributed by atoms with E-state index < -0.39 is 16.6 Å². The molecule has 0 aliphatic rings. The van der Waals surface area contributed by atoms with Gasteiger partial charge in [-0.1, -0.05) is 36.9 Å². The Kier molecular flexibility index (Phi) is 6.79. The van der Waals surface area contributed by atoms with Crippen molar-refractivity contribution in [2.24, 2.45) is 0 Å². The average Bonchev–Trinajstić information content (AvgIpc) is 2.77. The summed E-state index contributed by atoms with van der Waals surface area (Å²) in [6.07, 6.45) is 0.482. The lowest BCUT2D eigenvalue weighted by Crippen LogP contribution is -2.26. The van der Waals surface area contributed by atoms with E-state index in [1.165, 1.54) is 7.11 Å². The van der Waals surface area contributed by atoms with Crippen LogP contribution in [0.1, 0.15) is 23.7 Å². The highest BCUT2D eigenvalue weighted by atomic mass is 32.2. The molecule has 0 unspecified atom stereocenters. The molecular formula is C22H22N2O5S. The average molecular weight is 426 g/mol. The van der Waals surface area contributed by atoms with Crippen molar-refractivity contribution in [2.45, 2.75) is 23.6 Å². The van der Waals surface area contributed by atoms with Gasteiger partial charge in [0.25, 0.3) is 0 Å². The number of benzene rings is 2. The van der Waals surface area contributed by atoms with Crippen LogP contribution in [0, 0.1) is 0 Å². The second-order valence-corrected chi connectivity index (χ2v) is 7.64. The molecular weight excluding hydrogens is 404 g/mol. The second-order valence-electron chi connectivity index (χ2n) is 6.43. The molecule has 3 aromatic rings. The van der Waals surface area contributed by atoms with Crippen LogP contribution in [0.5, 0.6) is 5.75 Å². The minimum Gasteiger partial charge on any atom is -0.497 e. The lowest BCUT2D eigenvalue weighted by atomic mass is 10.1. The first-order valence-electron chi connectivity index (χ1n) is 9.33. The van der Waals surface area contributed by atoms with Gasteiger partial charge in [0, 0.05) is 17.1 Å². The number of carbonyl (C=O) groups is 2. The van der Waals surface area contributed by atoms with E-state index in [0.717, 1.165) is 11.8 Å². The number of aromatic amines is 1. The maximum atomic E-state index is 12.9. The molecule has 2 aromatic carbocycles. The van der Waals surface area contributed by atoms with E-state index in [1.54, 1.807) is 55.6 Å². The molecule has 0 saturated heterocycles. The molecule has 0 radical (unpaired) electrons. The summed E-state index contributed by atoms with van der Waals surface area (Å²) in [6.45, 7) is 1.86. The molecule has 0 bridgehead atoms. The molecule has 30 heavy (non-hydrogen) atoms. The highest BCUT2D eigenvalue weighted by Crippen LogP contribution is 2.29. The van der Waals surface area contributed by atoms with Gasteiger partial charge < -0.3 is 19.8 Å². The summed E-state index contributed by atoms with van der Waals surface area (Å²) in [5.74, 6) is -0.367. The van der Waals surface area contributed by atoms with Gasteiger partial charge in [0.15, 0.2) is 0 Å². The Labute approximate surface area is 177 Å². The van der Waals surface area contributed by atoms with Gasteiger partial charge in [0.05, 0.1) is 30.0 Å². The molecule has 2 N–H and O–H groups in total. The first kappa shape index (κ1) is 21.4. The Morgan fingerprint density at radius 2 is 1.90 bits per heavy atom. The lowest BCUT2D eigenvalue weighted by Gasteiger charge is -2.17. The Balaban J connectivity index is 1.95. The van der Waals surface area contributed by atoms with Crippen molar-refractivity contribution in [2.75, 3.05) is 19.5 Å². The molecule has 8 heteroatoms. The minimum atomic E-state index is -0.743. The van der Waals surface area contributed by atoms with Crippen LogP contribution in [0.25, 0.3) is 10.9 Å². The van der Waals surface area contributed by atoms with E-state index >= 15 is 0 Å². The van der Waals surface area contributed by atoms with E-state index in [-0.39, 0.29) is 11.5 Å². The predicted molar refractivity (Wildman–Crippen MR) is 117 cm³/mol. The molecule has 7 nitrogen and oxygen atoms in total. The number of H-pyrrole nitrogens is 1. The van der Waals surface area contributed by atoms with Crippen molar-refractivity contribution in [1.29, 1.82) is 0 Å². The number of pyridine rings is 1. The van der Waals surface area contributed by atoms with Gasteiger partial charge >= 0.3 is 5.97 Å². The third-order valence-corrected chi connectivity index (χ3v) is 5.90. The van der Waals surface area contributed by atoms with E-state index in [1.807, 2.05) is 6.92 Å². The maximum absolute atomic E-state index is 12.9. The SMILES string of the molecule is CC[C@@H](Sc1[nH]c2ccccc2c(=O)c1C(=O)OC)C(=O)Nc1cccc(OC)c1. The standard InChI is InChI=1S/C22H22N2O5S/c1-4-17(20(26)23-13-8-7-9-14(12-13)28-2)30-21-18(22(27)29-3)19(25)15-10-5-6-11-16(15)24-21/h5-12,17H,4H2,1-3H3,(H,23,26)(H,24,25)/t17-/m1/s1. The monoisotopic (exact) mass is 426 g/mol. The molecule has 1 atom stereocenters. The number of hydrogen-bond acceptors (Lipinski definition) is 6. The van der Waals surface area contributed by atoms with E-state index in [4.69, 9.17) is 9.47 Å². The summed E-state index contributed by atoms with van der Waals surface area (Å²) in [6, 6.07) is 13.9. The lowest BCUT2D eigenvalue weighted by molar-refractivity contribution is -0.115. The van der Waals surface area contributed by atoms with Gasteiger partial charge in [-0.15, -0.1) is 0 Å². The largest absolute Gasteiger partial charge is 0.497 e. The minimum absolute atomic E-state index is 0.103. The number of para-hydroxylation sites is 1. The third-order valence-electron chi connectivity index (χ3n) is 4.52. The molecule has 1 amide bonds. The fraction of sp³-hybridized carbons (Fsp3) is 0.227. The second kappa shape index (κ2) is 9.49. The number of carbonyl (C=O) groups excluding carboxylic acids is 2. The number of ether oxygens (including phenoxy) is 2. The zero-order chi connectivity index (χ0) is 21.7. The van der Waals surface area contributed by atoms with Crippen molar-refractivity contribution in [3.63, 3.8) is 0 Å². The van der Waals surface area contributed by atoms with Crippen LogP contribution in [-0.4, -0.2) is 36.3 Å². The number of nitrogens with one attached hydrogen (secondary N) is 2. The van der Waals surface area contributed by atoms with Crippen molar-refractivity contribution < 1.29 is 19.1 Å². The number of amides is 1. The van der Waals surface area contributed by atoms with Gasteiger partial charge in [-0.3, -0.25) is 9.59 Å². The fourth-order valence-corrected chi connectivity index (χ4v) is 4.06. The number of thioether (sulfide) groups is 1. The first-order valence-corrected chi connectivity index (χ1v) is 10.2. The summed E-state index contributed by atoms with van der Waals surface area (Å²) in [5, 5.41) is 3.00.